The number of unbranched alkanes of at least 4 members (excludes halogenated alkanes) is 24. The van der Waals surface area contributed by atoms with Gasteiger partial charge in [-0.15, -0.1) is 0 Å². The van der Waals surface area contributed by atoms with E-state index in [1.54, 1.807) is 0 Å². The fraction of sp³-hybridized carbons (Fsp3) is 0.973. The summed E-state index contributed by atoms with van der Waals surface area (Å²) >= 11 is 0. The van der Waals surface area contributed by atoms with Crippen LogP contribution in [0, 0.1) is 5.92 Å². The molecule has 0 aromatic carbocycles. The van der Waals surface area contributed by atoms with E-state index in [9.17, 15) is 0 Å². The fourth-order valence-corrected chi connectivity index (χ4v) is 5.62. The molecule has 0 bridgehead atoms. The highest BCUT2D eigenvalue weighted by atomic mass is 16.6. The second-order valence-corrected chi connectivity index (χ2v) is 13.0. The summed E-state index contributed by atoms with van der Waals surface area (Å²) in [5, 5.41) is 4.38. The minimum absolute atomic E-state index is 0.334. The van der Waals surface area contributed by atoms with Gasteiger partial charge in [-0.25, -0.2) is 0 Å². The average molecular weight is 550 g/mol. The van der Waals surface area contributed by atoms with Gasteiger partial charge in [-0.3, -0.25) is 0 Å². The first-order valence-corrected chi connectivity index (χ1v) is 18.4. The van der Waals surface area contributed by atoms with Gasteiger partial charge in [-0.2, -0.15) is 0 Å². The molecule has 0 saturated carbocycles. The quantitative estimate of drug-likeness (QED) is 0.0453. The summed E-state index contributed by atoms with van der Waals surface area (Å²) in [6.45, 7) is 9.16. The Hall–Kier alpha value is -0.530. The highest BCUT2D eigenvalue weighted by molar-refractivity contribution is 5.56. The van der Waals surface area contributed by atoms with Crippen LogP contribution in [0.1, 0.15) is 220 Å². The van der Waals surface area contributed by atoms with Gasteiger partial charge < -0.3 is 4.84 Å². The molecular weight excluding hydrogens is 474 g/mol. The smallest absolute Gasteiger partial charge is 0.127 e. The molecule has 0 unspecified atom stereocenters. The predicted molar refractivity (Wildman–Crippen MR) is 178 cm³/mol. The highest BCUT2D eigenvalue weighted by Crippen LogP contribution is 2.18. The first-order chi connectivity index (χ1) is 19.2. The highest BCUT2D eigenvalue weighted by Gasteiger charge is 2.09. The van der Waals surface area contributed by atoms with Crippen LogP contribution in [0.3, 0.4) is 0 Å². The van der Waals surface area contributed by atoms with Crippen LogP contribution in [0.25, 0.3) is 0 Å². The molecule has 2 heteroatoms. The zero-order chi connectivity index (χ0) is 28.5. The van der Waals surface area contributed by atoms with Gasteiger partial charge in [0.1, 0.15) is 6.10 Å². The van der Waals surface area contributed by atoms with E-state index >= 15 is 0 Å². The molecule has 0 rings (SSSR count). The van der Waals surface area contributed by atoms with Crippen molar-refractivity contribution < 1.29 is 4.84 Å². The van der Waals surface area contributed by atoms with Crippen molar-refractivity contribution in [2.75, 3.05) is 0 Å². The number of hydrogen-bond acceptors (Lipinski definition) is 2. The van der Waals surface area contributed by atoms with E-state index in [-0.39, 0.29) is 0 Å². The molecule has 0 fully saturated rings. The van der Waals surface area contributed by atoms with E-state index in [2.05, 4.69) is 32.9 Å². The minimum Gasteiger partial charge on any atom is -0.393 e. The molecule has 0 amide bonds. The lowest BCUT2D eigenvalue weighted by Gasteiger charge is -2.15. The van der Waals surface area contributed by atoms with Crippen LogP contribution in [0.4, 0.5) is 0 Å². The Morgan fingerprint density at radius 3 is 1.05 bits per heavy atom. The van der Waals surface area contributed by atoms with E-state index in [0.717, 1.165) is 12.3 Å². The zero-order valence-electron chi connectivity index (χ0n) is 27.8. The maximum Gasteiger partial charge on any atom is 0.127 e. The van der Waals surface area contributed by atoms with Gasteiger partial charge in [0.25, 0.3) is 0 Å². The first kappa shape index (κ1) is 38.5. The SMILES string of the molecule is CCCCCCCCCCCCCCCC(CCCCCCCCCCCCCCC)O/N=C/CCC(C)C. The molecule has 0 atom stereocenters. The summed E-state index contributed by atoms with van der Waals surface area (Å²) in [5.74, 6) is 0.740. The lowest BCUT2D eigenvalue weighted by molar-refractivity contribution is 0.0436. The molecule has 0 aromatic heterocycles. The van der Waals surface area contributed by atoms with Crippen LogP contribution in [-0.4, -0.2) is 12.3 Å². The van der Waals surface area contributed by atoms with Gasteiger partial charge >= 0.3 is 0 Å². The van der Waals surface area contributed by atoms with E-state index < -0.39 is 0 Å². The summed E-state index contributed by atoms with van der Waals surface area (Å²) in [4.78, 5) is 6.01. The van der Waals surface area contributed by atoms with Crippen LogP contribution >= 0.6 is 0 Å². The van der Waals surface area contributed by atoms with E-state index in [4.69, 9.17) is 4.84 Å². The molecule has 0 aliphatic heterocycles. The third-order valence-electron chi connectivity index (χ3n) is 8.42. The van der Waals surface area contributed by atoms with Gasteiger partial charge in [0.15, 0.2) is 0 Å². The maximum absolute atomic E-state index is 6.01. The second kappa shape index (κ2) is 33.7. The summed E-state index contributed by atoms with van der Waals surface area (Å²) in [7, 11) is 0. The Labute approximate surface area is 248 Å². The molecule has 0 saturated heterocycles. The molecule has 2 nitrogen and oxygen atoms in total. The zero-order valence-corrected chi connectivity index (χ0v) is 27.8. The molecule has 0 spiro atoms. The number of rotatable bonds is 33. The van der Waals surface area contributed by atoms with Crippen molar-refractivity contribution in [2.24, 2.45) is 11.1 Å². The number of nitrogens with zero attached hydrogens (tertiary/aromatic N) is 1. The largest absolute Gasteiger partial charge is 0.393 e. The molecule has 0 aliphatic rings. The van der Waals surface area contributed by atoms with Crippen molar-refractivity contribution >= 4 is 6.21 Å². The lowest BCUT2D eigenvalue weighted by Crippen LogP contribution is -2.10. The number of hydrogen-bond donors (Lipinski definition) is 0. The Balaban J connectivity index is 3.82. The molecule has 0 radical (unpaired) electrons. The van der Waals surface area contributed by atoms with Crippen molar-refractivity contribution in [3.8, 4) is 0 Å². The second-order valence-electron chi connectivity index (χ2n) is 13.0. The Kier molecular flexibility index (Phi) is 33.2. The van der Waals surface area contributed by atoms with Gasteiger partial charge in [0.05, 0.1) is 0 Å². The first-order valence-electron chi connectivity index (χ1n) is 18.4. The summed E-state index contributed by atoms with van der Waals surface area (Å²) in [6, 6.07) is 0. The molecule has 0 aromatic rings. The maximum atomic E-state index is 6.01. The van der Waals surface area contributed by atoms with Gasteiger partial charge in [-0.1, -0.05) is 187 Å². The van der Waals surface area contributed by atoms with Crippen LogP contribution < -0.4 is 0 Å². The van der Waals surface area contributed by atoms with E-state index in [0.29, 0.717) is 6.10 Å². The monoisotopic (exact) mass is 550 g/mol. The topological polar surface area (TPSA) is 21.6 Å². The Morgan fingerprint density at radius 1 is 0.436 bits per heavy atom. The van der Waals surface area contributed by atoms with Crippen molar-refractivity contribution in [3.05, 3.63) is 0 Å². The van der Waals surface area contributed by atoms with Gasteiger partial charge in [0, 0.05) is 6.21 Å². The average Bonchev–Trinajstić information content (AvgIpc) is 2.93. The normalized spacial score (nSPS) is 11.9. The lowest BCUT2D eigenvalue weighted by atomic mass is 10.0. The van der Waals surface area contributed by atoms with Gasteiger partial charge in [0.2, 0.25) is 0 Å². The van der Waals surface area contributed by atoms with Crippen LogP contribution in [-0.2, 0) is 4.84 Å². The molecule has 0 N–H and O–H groups in total. The standard InChI is InChI=1S/C37H75NO/c1-5-7-9-11-13-15-17-19-21-23-25-27-29-33-37(39-38-35-31-32-36(3)4)34-30-28-26-24-22-20-18-16-14-12-10-8-6-2/h35-37H,5-34H2,1-4H3/b38-35+. The molecule has 234 valence electrons. The fourth-order valence-electron chi connectivity index (χ4n) is 5.62. The predicted octanol–water partition coefficient (Wildman–Crippen LogP) is 13.8. The van der Waals surface area contributed by atoms with Gasteiger partial charge in [-0.05, 0) is 44.4 Å². The van der Waals surface area contributed by atoms with Crippen molar-refractivity contribution in [2.45, 2.75) is 226 Å². The van der Waals surface area contributed by atoms with Crippen molar-refractivity contribution in [3.63, 3.8) is 0 Å². The molecule has 0 aliphatic carbocycles. The number of oxime groups is 1. The summed E-state index contributed by atoms with van der Waals surface area (Å²) in [6.07, 6.45) is 43.9. The third-order valence-corrected chi connectivity index (χ3v) is 8.42. The van der Waals surface area contributed by atoms with Crippen LogP contribution in [0.15, 0.2) is 5.16 Å². The third kappa shape index (κ3) is 33.6. The molecule has 39 heavy (non-hydrogen) atoms. The molecular formula is C37H75NO. The Bertz CT molecular complexity index is 430. The summed E-state index contributed by atoms with van der Waals surface area (Å²) < 4.78 is 0. The van der Waals surface area contributed by atoms with Crippen molar-refractivity contribution in [1.29, 1.82) is 0 Å². The Morgan fingerprint density at radius 2 is 0.744 bits per heavy atom. The minimum atomic E-state index is 0.334. The van der Waals surface area contributed by atoms with E-state index in [1.165, 1.54) is 186 Å². The van der Waals surface area contributed by atoms with Crippen LogP contribution in [0.2, 0.25) is 0 Å². The van der Waals surface area contributed by atoms with Crippen LogP contribution in [0.5, 0.6) is 0 Å². The van der Waals surface area contributed by atoms with Crippen molar-refractivity contribution in [1.82, 2.24) is 0 Å². The summed E-state index contributed by atoms with van der Waals surface area (Å²) in [5.41, 5.74) is 0. The molecule has 0 heterocycles. The van der Waals surface area contributed by atoms with E-state index in [1.807, 2.05) is 6.21 Å².